The molecule has 10 aromatic rings. The van der Waals surface area contributed by atoms with Crippen LogP contribution in [-0.4, -0.2) is 15.0 Å². The molecule has 0 radical (unpaired) electrons. The average Bonchev–Trinajstić information content (AvgIpc) is 3.65. The van der Waals surface area contributed by atoms with Crippen molar-refractivity contribution < 1.29 is 4.42 Å². The van der Waals surface area contributed by atoms with E-state index in [1.54, 1.807) is 6.20 Å². The molecule has 0 saturated carbocycles. The Morgan fingerprint density at radius 3 is 1.45 bits per heavy atom. The van der Waals surface area contributed by atoms with Crippen molar-refractivity contribution in [2.45, 2.75) is 0 Å². The quantitative estimate of drug-likeness (QED) is 0.166. The van der Waals surface area contributed by atoms with Gasteiger partial charge in [0.25, 0.3) is 0 Å². The Morgan fingerprint density at radius 2 is 0.818 bits per heavy atom. The molecule has 0 atom stereocenters. The first-order chi connectivity index (χ1) is 27.2. The maximum Gasteiger partial charge on any atom is 0.161 e. The lowest BCUT2D eigenvalue weighted by Crippen LogP contribution is -1.97. The highest BCUT2D eigenvalue weighted by molar-refractivity contribution is 6.06. The zero-order chi connectivity index (χ0) is 36.6. The molecule has 0 bridgehead atoms. The second kappa shape index (κ2) is 13.8. The molecule has 4 nitrogen and oxygen atoms in total. The van der Waals surface area contributed by atoms with Crippen molar-refractivity contribution in [1.82, 2.24) is 15.0 Å². The van der Waals surface area contributed by atoms with E-state index in [1.807, 2.05) is 42.6 Å². The van der Waals surface area contributed by atoms with Gasteiger partial charge in [0, 0.05) is 45.4 Å². The summed E-state index contributed by atoms with van der Waals surface area (Å²) in [5, 5.41) is 2.24. The fourth-order valence-electron chi connectivity index (χ4n) is 7.37. The Morgan fingerprint density at radius 1 is 0.327 bits per heavy atom. The fraction of sp³-hybridized carbons (Fsp3) is 0. The average molecular weight is 704 g/mol. The number of nitrogens with zero attached hydrogens (tertiary/aromatic N) is 3. The first kappa shape index (κ1) is 32.2. The minimum absolute atomic E-state index is 0.661. The Balaban J connectivity index is 1.03. The molecule has 0 fully saturated rings. The highest BCUT2D eigenvalue weighted by Crippen LogP contribution is 2.36. The van der Waals surface area contributed by atoms with Crippen molar-refractivity contribution in [3.8, 4) is 78.4 Å². The van der Waals surface area contributed by atoms with Crippen LogP contribution in [-0.2, 0) is 0 Å². The Labute approximate surface area is 319 Å². The van der Waals surface area contributed by atoms with E-state index >= 15 is 0 Å². The number of hydrogen-bond donors (Lipinski definition) is 0. The van der Waals surface area contributed by atoms with Gasteiger partial charge in [0.1, 0.15) is 11.2 Å². The number of aromatic nitrogens is 3. The largest absolute Gasteiger partial charge is 0.456 e. The third kappa shape index (κ3) is 6.26. The minimum atomic E-state index is 0.661. The number of rotatable bonds is 7. The van der Waals surface area contributed by atoms with Crippen LogP contribution in [0.25, 0.3) is 100 Å². The van der Waals surface area contributed by atoms with Gasteiger partial charge in [-0.1, -0.05) is 158 Å². The highest BCUT2D eigenvalue weighted by Gasteiger charge is 2.16. The number of pyridine rings is 1. The van der Waals surface area contributed by atoms with Crippen LogP contribution in [0.5, 0.6) is 0 Å². The van der Waals surface area contributed by atoms with E-state index in [0.717, 1.165) is 77.8 Å². The van der Waals surface area contributed by atoms with Gasteiger partial charge in [0.05, 0.1) is 11.4 Å². The topological polar surface area (TPSA) is 51.8 Å². The summed E-state index contributed by atoms with van der Waals surface area (Å²) in [5.74, 6) is 0.661. The van der Waals surface area contributed by atoms with Gasteiger partial charge in [0.15, 0.2) is 5.82 Å². The number of fused-ring (bicyclic) bond motifs is 3. The van der Waals surface area contributed by atoms with E-state index in [-0.39, 0.29) is 0 Å². The predicted molar refractivity (Wildman–Crippen MR) is 225 cm³/mol. The number of benzene rings is 7. The lowest BCUT2D eigenvalue weighted by molar-refractivity contribution is 0.669. The molecule has 55 heavy (non-hydrogen) atoms. The first-order valence-corrected chi connectivity index (χ1v) is 18.4. The molecule has 0 N–H and O–H groups in total. The molecule has 10 rings (SSSR count). The lowest BCUT2D eigenvalue weighted by atomic mass is 9.98. The van der Waals surface area contributed by atoms with E-state index in [0.29, 0.717) is 5.82 Å². The number of para-hydroxylation sites is 1. The molecule has 0 unspecified atom stereocenters. The summed E-state index contributed by atoms with van der Waals surface area (Å²) in [6.07, 6.45) is 3.68. The summed E-state index contributed by atoms with van der Waals surface area (Å²) >= 11 is 0. The Hall–Kier alpha value is -7.43. The SMILES string of the molecule is c1ccc(-c2ccc(-c3ccc(-c4cc(-c5ccc(-c6ccc7oc8ccccc8c7c6)cc5)nc(-c5ccccc5-c5cccnc5)n4)cc3)cc2)cc1. The van der Waals surface area contributed by atoms with Crippen molar-refractivity contribution in [3.05, 3.63) is 200 Å². The molecule has 3 heterocycles. The van der Waals surface area contributed by atoms with Gasteiger partial charge in [-0.05, 0) is 69.3 Å². The predicted octanol–water partition coefficient (Wildman–Crippen LogP) is 13.4. The molecule has 0 aliphatic rings. The van der Waals surface area contributed by atoms with E-state index in [1.165, 1.54) is 16.7 Å². The third-order valence-corrected chi connectivity index (χ3v) is 10.3. The molecule has 258 valence electrons. The van der Waals surface area contributed by atoms with E-state index in [9.17, 15) is 0 Å². The zero-order valence-electron chi connectivity index (χ0n) is 29.8. The Kier molecular flexibility index (Phi) is 8.12. The maximum absolute atomic E-state index is 6.08. The second-order valence-electron chi connectivity index (χ2n) is 13.7. The molecule has 0 saturated heterocycles. The summed E-state index contributed by atoms with van der Waals surface area (Å²) in [4.78, 5) is 14.8. The van der Waals surface area contributed by atoms with Crippen LogP contribution in [0.1, 0.15) is 0 Å². The van der Waals surface area contributed by atoms with Crippen molar-refractivity contribution in [1.29, 1.82) is 0 Å². The summed E-state index contributed by atoms with van der Waals surface area (Å²) < 4.78 is 6.08. The van der Waals surface area contributed by atoms with E-state index < -0.39 is 0 Å². The van der Waals surface area contributed by atoms with Crippen molar-refractivity contribution in [2.24, 2.45) is 0 Å². The molecule has 3 aromatic heterocycles. The molecular weight excluding hydrogens is 671 g/mol. The van der Waals surface area contributed by atoms with E-state index in [2.05, 4.69) is 157 Å². The highest BCUT2D eigenvalue weighted by atomic mass is 16.3. The van der Waals surface area contributed by atoms with E-state index in [4.69, 9.17) is 14.4 Å². The van der Waals surface area contributed by atoms with Gasteiger partial charge in [0.2, 0.25) is 0 Å². The zero-order valence-corrected chi connectivity index (χ0v) is 29.8. The van der Waals surface area contributed by atoms with Crippen LogP contribution in [0.4, 0.5) is 0 Å². The van der Waals surface area contributed by atoms with Gasteiger partial charge in [-0.15, -0.1) is 0 Å². The van der Waals surface area contributed by atoms with Gasteiger partial charge in [-0.3, -0.25) is 4.98 Å². The first-order valence-electron chi connectivity index (χ1n) is 18.4. The molecule has 0 spiro atoms. The molecule has 4 heteroatoms. The van der Waals surface area contributed by atoms with Crippen LogP contribution >= 0.6 is 0 Å². The van der Waals surface area contributed by atoms with Gasteiger partial charge >= 0.3 is 0 Å². The summed E-state index contributed by atoms with van der Waals surface area (Å²) in [6, 6.07) is 65.5. The molecule has 0 amide bonds. The summed E-state index contributed by atoms with van der Waals surface area (Å²) in [5.41, 5.74) is 15.5. The van der Waals surface area contributed by atoms with Gasteiger partial charge < -0.3 is 4.42 Å². The molecule has 0 aliphatic carbocycles. The Bertz CT molecular complexity index is 2930. The van der Waals surface area contributed by atoms with Crippen LogP contribution in [0.2, 0.25) is 0 Å². The van der Waals surface area contributed by atoms with Crippen molar-refractivity contribution >= 4 is 21.9 Å². The van der Waals surface area contributed by atoms with Crippen molar-refractivity contribution in [3.63, 3.8) is 0 Å². The maximum atomic E-state index is 6.08. The smallest absolute Gasteiger partial charge is 0.161 e. The fourth-order valence-corrected chi connectivity index (χ4v) is 7.37. The minimum Gasteiger partial charge on any atom is -0.456 e. The monoisotopic (exact) mass is 703 g/mol. The number of furan rings is 1. The van der Waals surface area contributed by atoms with Crippen LogP contribution in [0, 0.1) is 0 Å². The molecule has 0 aliphatic heterocycles. The summed E-state index contributed by atoms with van der Waals surface area (Å²) in [7, 11) is 0. The van der Waals surface area contributed by atoms with Gasteiger partial charge in [-0.2, -0.15) is 0 Å². The standard InChI is InChI=1S/C51H33N3O/c1-2-9-34(10-3-1)35-16-18-36(19-17-35)37-20-24-39(25-21-37)47-32-48(54-51(53-47)45-14-5-4-12-43(45)42-11-8-30-52-33-42)40-26-22-38(23-27-40)41-28-29-50-46(31-41)44-13-6-7-15-49(44)55-50/h1-33H. The molecular formula is C51H33N3O. The molecule has 7 aromatic carbocycles. The second-order valence-corrected chi connectivity index (χ2v) is 13.7. The van der Waals surface area contributed by atoms with Crippen LogP contribution in [0.3, 0.4) is 0 Å². The lowest BCUT2D eigenvalue weighted by Gasteiger charge is -2.13. The normalized spacial score (nSPS) is 11.3. The van der Waals surface area contributed by atoms with Gasteiger partial charge in [-0.25, -0.2) is 9.97 Å². The van der Waals surface area contributed by atoms with Crippen molar-refractivity contribution in [2.75, 3.05) is 0 Å². The van der Waals surface area contributed by atoms with Crippen LogP contribution in [0.15, 0.2) is 205 Å². The summed E-state index contributed by atoms with van der Waals surface area (Å²) in [6.45, 7) is 0. The van der Waals surface area contributed by atoms with Crippen LogP contribution < -0.4 is 0 Å². The third-order valence-electron chi connectivity index (χ3n) is 10.3. The number of hydrogen-bond acceptors (Lipinski definition) is 4.